The summed E-state index contributed by atoms with van der Waals surface area (Å²) < 4.78 is 61.5. The third kappa shape index (κ3) is 4.10. The number of carbonyl (C=O) groups excluding carboxylic acids is 1. The number of Topliss-reactive ketones (excluding diaryl/α,β-unsaturated/α-hetero) is 1. The fourth-order valence-corrected chi connectivity index (χ4v) is 3.28. The topological polar surface area (TPSA) is 81.2 Å². The van der Waals surface area contributed by atoms with Crippen molar-refractivity contribution >= 4 is 17.4 Å². The zero-order chi connectivity index (χ0) is 22.4. The summed E-state index contributed by atoms with van der Waals surface area (Å²) in [6.07, 6.45) is -4.04. The molecule has 0 bridgehead atoms. The zero-order valence-electron chi connectivity index (χ0n) is 16.0. The molecule has 0 saturated carbocycles. The van der Waals surface area contributed by atoms with Crippen LogP contribution in [0.15, 0.2) is 28.9 Å². The number of alkyl halides is 3. The summed E-state index contributed by atoms with van der Waals surface area (Å²) in [6, 6.07) is 3.75. The van der Waals surface area contributed by atoms with Crippen molar-refractivity contribution in [3.8, 4) is 22.6 Å². The zero-order valence-corrected chi connectivity index (χ0v) is 16.8. The average molecular weight is 446 g/mol. The second kappa shape index (κ2) is 7.51. The first-order valence-electron chi connectivity index (χ1n) is 8.62. The second-order valence-corrected chi connectivity index (χ2v) is 7.67. The Balaban J connectivity index is 2.28. The van der Waals surface area contributed by atoms with Crippen LogP contribution in [0.3, 0.4) is 0 Å². The monoisotopic (exact) mass is 445 g/mol. The molecule has 11 heteroatoms. The molecule has 0 atom stereocenters. The van der Waals surface area contributed by atoms with Crippen LogP contribution in [0.2, 0.25) is 5.02 Å². The summed E-state index contributed by atoms with van der Waals surface area (Å²) in [6.45, 7) is 3.25. The molecule has 1 N–H and O–H groups in total. The first-order valence-corrected chi connectivity index (χ1v) is 9.00. The first-order chi connectivity index (χ1) is 13.8. The summed E-state index contributed by atoms with van der Waals surface area (Å²) >= 11 is 6.02. The number of halogens is 5. The molecule has 3 aromatic rings. The van der Waals surface area contributed by atoms with Crippen molar-refractivity contribution in [2.75, 3.05) is 0 Å². The maximum absolute atomic E-state index is 14.3. The van der Waals surface area contributed by atoms with Crippen molar-refractivity contribution in [3.05, 3.63) is 46.5 Å². The number of nitrogens with zero attached hydrogens (tertiary/aromatic N) is 3. The molecular formula is C19H16ClF4N3O3. The van der Waals surface area contributed by atoms with Crippen LogP contribution in [0.1, 0.15) is 36.8 Å². The lowest BCUT2D eigenvalue weighted by Gasteiger charge is -2.20. The molecule has 160 valence electrons. The van der Waals surface area contributed by atoms with Gasteiger partial charge in [0.1, 0.15) is 11.5 Å². The van der Waals surface area contributed by atoms with Crippen LogP contribution in [0, 0.1) is 5.82 Å². The largest absolute Gasteiger partial charge is 0.433 e. The number of benzene rings is 1. The molecule has 6 nitrogen and oxygen atoms in total. The number of carbonyl (C=O) groups is 1. The number of aromatic nitrogens is 3. The molecule has 2 aromatic heterocycles. The predicted molar refractivity (Wildman–Crippen MR) is 99.4 cm³/mol. The van der Waals surface area contributed by atoms with E-state index >= 15 is 0 Å². The van der Waals surface area contributed by atoms with Gasteiger partial charge < -0.3 is 9.63 Å². The Morgan fingerprint density at radius 2 is 1.97 bits per heavy atom. The van der Waals surface area contributed by atoms with Crippen molar-refractivity contribution in [2.45, 2.75) is 39.1 Å². The molecule has 1 aromatic carbocycles. The second-order valence-electron chi connectivity index (χ2n) is 7.26. The highest BCUT2D eigenvalue weighted by atomic mass is 35.5. The van der Waals surface area contributed by atoms with Crippen LogP contribution in [0.25, 0.3) is 22.6 Å². The fraction of sp³-hybridized carbons (Fsp3) is 0.316. The third-order valence-electron chi connectivity index (χ3n) is 4.13. The van der Waals surface area contributed by atoms with Gasteiger partial charge in [0.25, 0.3) is 0 Å². The Labute approximate surface area is 173 Å². The van der Waals surface area contributed by atoms with Gasteiger partial charge in [-0.3, -0.25) is 9.48 Å². The summed E-state index contributed by atoms with van der Waals surface area (Å²) in [5, 5.41) is 17.2. The maximum atomic E-state index is 14.3. The van der Waals surface area contributed by atoms with E-state index in [0.717, 1.165) is 19.2 Å². The van der Waals surface area contributed by atoms with Crippen LogP contribution < -0.4 is 0 Å². The van der Waals surface area contributed by atoms with E-state index in [2.05, 4.69) is 10.3 Å². The molecule has 0 amide bonds. The third-order valence-corrected chi connectivity index (χ3v) is 4.45. The number of hydrogen-bond donors (Lipinski definition) is 1. The van der Waals surface area contributed by atoms with E-state index < -0.39 is 46.9 Å². The van der Waals surface area contributed by atoms with Crippen molar-refractivity contribution in [1.82, 2.24) is 14.9 Å². The Bertz CT molecular complexity index is 1090. The number of hydrogen-bond acceptors (Lipinski definition) is 5. The molecule has 0 aliphatic rings. The number of ketones is 1. The van der Waals surface area contributed by atoms with Gasteiger partial charge in [-0.15, -0.1) is 0 Å². The van der Waals surface area contributed by atoms with E-state index in [-0.39, 0.29) is 21.8 Å². The molecule has 0 fully saturated rings. The van der Waals surface area contributed by atoms with Crippen LogP contribution in [0.4, 0.5) is 17.6 Å². The van der Waals surface area contributed by atoms with Gasteiger partial charge in [0.2, 0.25) is 0 Å². The summed E-state index contributed by atoms with van der Waals surface area (Å²) in [5.41, 5.74) is -4.26. The normalized spacial score (nSPS) is 12.4. The number of aliphatic hydroxyl groups is 1. The van der Waals surface area contributed by atoms with Crippen molar-refractivity contribution in [2.24, 2.45) is 0 Å². The smallest absolute Gasteiger partial charge is 0.389 e. The van der Waals surface area contributed by atoms with Gasteiger partial charge in [0, 0.05) is 0 Å². The molecular weight excluding hydrogens is 430 g/mol. The van der Waals surface area contributed by atoms with Crippen molar-refractivity contribution in [3.63, 3.8) is 0 Å². The minimum atomic E-state index is -4.90. The fourth-order valence-electron chi connectivity index (χ4n) is 3.03. The molecule has 2 heterocycles. The van der Waals surface area contributed by atoms with E-state index in [0.29, 0.717) is 4.68 Å². The predicted octanol–water partition coefficient (Wildman–Crippen LogP) is 4.99. The molecule has 0 aliphatic carbocycles. The van der Waals surface area contributed by atoms with Gasteiger partial charge in [0.15, 0.2) is 17.2 Å². The van der Waals surface area contributed by atoms with Gasteiger partial charge in [-0.1, -0.05) is 22.8 Å². The molecule has 0 saturated heterocycles. The molecule has 0 radical (unpaired) electrons. The van der Waals surface area contributed by atoms with E-state index in [9.17, 15) is 27.5 Å². The molecule has 0 spiro atoms. The van der Waals surface area contributed by atoms with Gasteiger partial charge in [-0.05, 0) is 32.9 Å². The quantitative estimate of drug-likeness (QED) is 0.442. The lowest BCUT2D eigenvalue weighted by Crippen LogP contribution is -2.29. The summed E-state index contributed by atoms with van der Waals surface area (Å²) in [7, 11) is 0. The highest BCUT2D eigenvalue weighted by Gasteiger charge is 2.42. The van der Waals surface area contributed by atoms with E-state index in [1.165, 1.54) is 26.0 Å². The van der Waals surface area contributed by atoms with Gasteiger partial charge in [0.05, 0.1) is 40.1 Å². The van der Waals surface area contributed by atoms with E-state index in [1.54, 1.807) is 0 Å². The van der Waals surface area contributed by atoms with Crippen LogP contribution >= 0.6 is 11.6 Å². The Morgan fingerprint density at radius 1 is 1.30 bits per heavy atom. The molecule has 0 unspecified atom stereocenters. The summed E-state index contributed by atoms with van der Waals surface area (Å²) in [5.74, 6) is -2.05. The molecule has 30 heavy (non-hydrogen) atoms. The first kappa shape index (κ1) is 22.0. The highest BCUT2D eigenvalue weighted by molar-refractivity contribution is 6.33. The lowest BCUT2D eigenvalue weighted by molar-refractivity contribution is -0.144. The van der Waals surface area contributed by atoms with E-state index in [1.807, 2.05) is 0 Å². The Hall–Kier alpha value is -2.72. The van der Waals surface area contributed by atoms with Crippen molar-refractivity contribution < 1.29 is 32.0 Å². The SMILES string of the molecule is CC(=O)c1c(-c2c(F)cccc2Cl)noc1-c1cnn(CC(C)(C)O)c1C(F)(F)F. The van der Waals surface area contributed by atoms with Gasteiger partial charge >= 0.3 is 6.18 Å². The van der Waals surface area contributed by atoms with Gasteiger partial charge in [-0.25, -0.2) is 4.39 Å². The van der Waals surface area contributed by atoms with E-state index in [4.69, 9.17) is 16.1 Å². The lowest BCUT2D eigenvalue weighted by atomic mass is 9.99. The minimum absolute atomic E-state index is 0.0916. The Kier molecular flexibility index (Phi) is 5.50. The van der Waals surface area contributed by atoms with Crippen molar-refractivity contribution in [1.29, 1.82) is 0 Å². The molecule has 3 rings (SSSR count). The van der Waals surface area contributed by atoms with Crippen LogP contribution in [-0.2, 0) is 12.7 Å². The highest BCUT2D eigenvalue weighted by Crippen LogP contribution is 2.42. The number of rotatable bonds is 5. The average Bonchev–Trinajstić information content (AvgIpc) is 3.16. The summed E-state index contributed by atoms with van der Waals surface area (Å²) in [4.78, 5) is 12.3. The standard InChI is InChI=1S/C19H16ClF4N3O3/c1-9(28)13-15(14-11(20)5-4-6-12(14)21)26-30-16(13)10-7-25-27(8-18(2,3)29)17(10)19(22,23)24/h4-7,29H,8H2,1-3H3. The maximum Gasteiger partial charge on any atom is 0.433 e. The van der Waals surface area contributed by atoms with Gasteiger partial charge in [-0.2, -0.15) is 18.3 Å². The Morgan fingerprint density at radius 3 is 2.50 bits per heavy atom. The van der Waals surface area contributed by atoms with Crippen LogP contribution in [-0.4, -0.2) is 31.4 Å². The molecule has 0 aliphatic heterocycles. The minimum Gasteiger partial charge on any atom is -0.389 e. The van der Waals surface area contributed by atoms with Crippen LogP contribution in [0.5, 0.6) is 0 Å².